The largest absolute Gasteiger partial charge is 0.326 e. The van der Waals surface area contributed by atoms with E-state index in [4.69, 9.17) is 17.3 Å². The molecule has 2 aromatic rings. The molecule has 2 unspecified atom stereocenters. The lowest BCUT2D eigenvalue weighted by atomic mass is 10.1. The van der Waals surface area contributed by atoms with Gasteiger partial charge < -0.3 is 5.73 Å². The number of halogens is 2. The zero-order valence-electron chi connectivity index (χ0n) is 10.3. The highest BCUT2D eigenvalue weighted by atomic mass is 79.9. The molecule has 0 fully saturated rings. The van der Waals surface area contributed by atoms with Crippen LogP contribution in [0.3, 0.4) is 0 Å². The van der Waals surface area contributed by atoms with Gasteiger partial charge >= 0.3 is 0 Å². The summed E-state index contributed by atoms with van der Waals surface area (Å²) in [4.78, 5) is 5.60. The first-order valence-electron chi connectivity index (χ1n) is 5.89. The number of thiophene rings is 1. The van der Waals surface area contributed by atoms with Gasteiger partial charge in [0.15, 0.2) is 0 Å². The molecule has 6 heteroatoms. The standard InChI is InChI=1S/C13H14BrClN2S2/c1-2-9(16)13(10-4-5-11(14)18-10)19-12-6-3-8(15)7-17-12/h3-7,9,13H,2,16H2,1H3. The molecule has 19 heavy (non-hydrogen) atoms. The molecule has 0 saturated carbocycles. The lowest BCUT2D eigenvalue weighted by Crippen LogP contribution is -2.25. The Hall–Kier alpha value is -0.0700. The number of pyridine rings is 1. The van der Waals surface area contributed by atoms with Crippen molar-refractivity contribution in [2.24, 2.45) is 5.73 Å². The van der Waals surface area contributed by atoms with Gasteiger partial charge in [-0.25, -0.2) is 4.98 Å². The van der Waals surface area contributed by atoms with Gasteiger partial charge in [-0.15, -0.1) is 11.3 Å². The molecule has 0 saturated heterocycles. The number of rotatable bonds is 5. The van der Waals surface area contributed by atoms with Crippen LogP contribution in [0.25, 0.3) is 0 Å². The summed E-state index contributed by atoms with van der Waals surface area (Å²) in [5, 5.41) is 1.82. The van der Waals surface area contributed by atoms with Crippen LogP contribution >= 0.6 is 50.6 Å². The van der Waals surface area contributed by atoms with E-state index < -0.39 is 0 Å². The number of aromatic nitrogens is 1. The maximum absolute atomic E-state index is 6.25. The lowest BCUT2D eigenvalue weighted by molar-refractivity contribution is 0.639. The van der Waals surface area contributed by atoms with Gasteiger partial charge in [-0.3, -0.25) is 0 Å². The van der Waals surface area contributed by atoms with E-state index in [2.05, 4.69) is 40.0 Å². The van der Waals surface area contributed by atoms with Crippen LogP contribution in [0.5, 0.6) is 0 Å². The van der Waals surface area contributed by atoms with E-state index in [9.17, 15) is 0 Å². The summed E-state index contributed by atoms with van der Waals surface area (Å²) in [7, 11) is 0. The second-order valence-corrected chi connectivity index (χ2v) is 8.16. The molecule has 102 valence electrons. The first-order valence-corrected chi connectivity index (χ1v) is 8.76. The Labute approximate surface area is 134 Å². The number of nitrogens with zero attached hydrogens (tertiary/aromatic N) is 1. The SMILES string of the molecule is CCC(N)C(Sc1ccc(Cl)cn1)c1ccc(Br)s1. The third kappa shape index (κ3) is 4.20. The normalized spacial score (nSPS) is 14.3. The molecule has 0 aliphatic carbocycles. The van der Waals surface area contributed by atoms with Crippen molar-refractivity contribution < 1.29 is 0 Å². The average Bonchev–Trinajstić information content (AvgIpc) is 2.83. The Kier molecular flexibility index (Phi) is 5.71. The van der Waals surface area contributed by atoms with Crippen LogP contribution in [0.15, 0.2) is 39.3 Å². The molecule has 0 aliphatic rings. The monoisotopic (exact) mass is 376 g/mol. The van der Waals surface area contributed by atoms with Gasteiger partial charge in [-0.05, 0) is 46.6 Å². The molecule has 0 amide bonds. The summed E-state index contributed by atoms with van der Waals surface area (Å²) in [6.07, 6.45) is 2.60. The Balaban J connectivity index is 2.21. The van der Waals surface area contributed by atoms with Crippen molar-refractivity contribution in [3.63, 3.8) is 0 Å². The minimum atomic E-state index is 0.105. The zero-order chi connectivity index (χ0) is 13.8. The molecule has 0 bridgehead atoms. The lowest BCUT2D eigenvalue weighted by Gasteiger charge is -2.20. The molecule has 2 atom stereocenters. The van der Waals surface area contributed by atoms with E-state index in [-0.39, 0.29) is 11.3 Å². The Morgan fingerprint density at radius 3 is 2.74 bits per heavy atom. The van der Waals surface area contributed by atoms with Crippen molar-refractivity contribution in [1.82, 2.24) is 4.98 Å². The predicted molar refractivity (Wildman–Crippen MR) is 88.1 cm³/mol. The second kappa shape index (κ2) is 7.09. The van der Waals surface area contributed by atoms with E-state index in [1.54, 1.807) is 29.3 Å². The van der Waals surface area contributed by atoms with Crippen LogP contribution in [0, 0.1) is 0 Å². The fraction of sp³-hybridized carbons (Fsp3) is 0.308. The molecule has 2 N–H and O–H groups in total. The average molecular weight is 378 g/mol. The highest BCUT2D eigenvalue weighted by Crippen LogP contribution is 2.41. The molecule has 2 rings (SSSR count). The fourth-order valence-electron chi connectivity index (χ4n) is 1.61. The van der Waals surface area contributed by atoms with Crippen LogP contribution in [0.2, 0.25) is 5.02 Å². The summed E-state index contributed by atoms with van der Waals surface area (Å²) in [5.41, 5.74) is 6.25. The highest BCUT2D eigenvalue weighted by Gasteiger charge is 2.22. The van der Waals surface area contributed by atoms with Crippen molar-refractivity contribution in [3.05, 3.63) is 44.1 Å². The van der Waals surface area contributed by atoms with Crippen molar-refractivity contribution >= 4 is 50.6 Å². The maximum Gasteiger partial charge on any atom is 0.0967 e. The summed E-state index contributed by atoms with van der Waals surface area (Å²) in [6.45, 7) is 2.11. The van der Waals surface area contributed by atoms with Crippen LogP contribution in [0.4, 0.5) is 0 Å². The van der Waals surface area contributed by atoms with Crippen molar-refractivity contribution in [2.75, 3.05) is 0 Å². The van der Waals surface area contributed by atoms with Gasteiger partial charge in [0.1, 0.15) is 0 Å². The van der Waals surface area contributed by atoms with Gasteiger partial charge in [0.2, 0.25) is 0 Å². The molecule has 0 aliphatic heterocycles. The Morgan fingerprint density at radius 2 is 2.21 bits per heavy atom. The molecule has 0 radical (unpaired) electrons. The van der Waals surface area contributed by atoms with Crippen molar-refractivity contribution in [1.29, 1.82) is 0 Å². The highest BCUT2D eigenvalue weighted by molar-refractivity contribution is 9.11. The van der Waals surface area contributed by atoms with E-state index in [1.807, 2.05) is 12.1 Å². The summed E-state index contributed by atoms with van der Waals surface area (Å²) in [6, 6.07) is 8.08. The van der Waals surface area contributed by atoms with Crippen LogP contribution in [-0.2, 0) is 0 Å². The molecule has 2 nitrogen and oxygen atoms in total. The molecular formula is C13H14BrClN2S2. The molecule has 2 heterocycles. The van der Waals surface area contributed by atoms with Crippen LogP contribution in [0.1, 0.15) is 23.5 Å². The number of hydrogen-bond donors (Lipinski definition) is 1. The summed E-state index contributed by atoms with van der Waals surface area (Å²) < 4.78 is 1.13. The van der Waals surface area contributed by atoms with Gasteiger partial charge in [0.25, 0.3) is 0 Å². The number of nitrogens with two attached hydrogens (primary N) is 1. The number of hydrogen-bond acceptors (Lipinski definition) is 4. The minimum absolute atomic E-state index is 0.105. The van der Waals surface area contributed by atoms with Crippen LogP contribution < -0.4 is 5.73 Å². The quantitative estimate of drug-likeness (QED) is 0.734. The summed E-state index contributed by atoms with van der Waals surface area (Å²) >= 11 is 12.8. The smallest absolute Gasteiger partial charge is 0.0967 e. The van der Waals surface area contributed by atoms with Crippen molar-refractivity contribution in [2.45, 2.75) is 29.7 Å². The van der Waals surface area contributed by atoms with E-state index in [0.717, 1.165) is 15.2 Å². The molecule has 0 aromatic carbocycles. The summed E-state index contributed by atoms with van der Waals surface area (Å²) in [5.74, 6) is 0. The van der Waals surface area contributed by atoms with E-state index >= 15 is 0 Å². The zero-order valence-corrected chi connectivity index (χ0v) is 14.3. The topological polar surface area (TPSA) is 38.9 Å². The molecular weight excluding hydrogens is 364 g/mol. The third-order valence-corrected chi connectivity index (χ3v) is 6.10. The minimum Gasteiger partial charge on any atom is -0.326 e. The fourth-order valence-corrected chi connectivity index (χ4v) is 4.58. The second-order valence-electron chi connectivity index (χ2n) is 4.07. The first-order chi connectivity index (χ1) is 9.10. The van der Waals surface area contributed by atoms with E-state index in [1.165, 1.54) is 4.88 Å². The first kappa shape index (κ1) is 15.3. The Morgan fingerprint density at radius 1 is 1.42 bits per heavy atom. The Bertz CT molecular complexity index is 530. The van der Waals surface area contributed by atoms with Gasteiger partial charge in [0.05, 0.1) is 19.1 Å². The molecule has 2 aromatic heterocycles. The maximum atomic E-state index is 6.25. The number of thioether (sulfide) groups is 1. The molecule has 0 spiro atoms. The van der Waals surface area contributed by atoms with Gasteiger partial charge in [-0.2, -0.15) is 0 Å². The van der Waals surface area contributed by atoms with Crippen molar-refractivity contribution in [3.8, 4) is 0 Å². The van der Waals surface area contributed by atoms with Gasteiger partial charge in [0, 0.05) is 17.1 Å². The predicted octanol–water partition coefficient (Wildman–Crippen LogP) is 5.13. The van der Waals surface area contributed by atoms with Gasteiger partial charge in [-0.1, -0.05) is 30.3 Å². The van der Waals surface area contributed by atoms with E-state index in [0.29, 0.717) is 5.02 Å². The van der Waals surface area contributed by atoms with Crippen LogP contribution in [-0.4, -0.2) is 11.0 Å². The third-order valence-electron chi connectivity index (χ3n) is 2.68.